The molecule has 1 aromatic carbocycles. The molecule has 0 saturated carbocycles. The maximum atomic E-state index is 10.4. The second kappa shape index (κ2) is 9.28. The Morgan fingerprint density at radius 3 is 2.33 bits per heavy atom. The number of ether oxygens (including phenoxy) is 2. The van der Waals surface area contributed by atoms with Gasteiger partial charge in [-0.05, 0) is 29.9 Å². The number of thioether (sulfide) groups is 1. The van der Waals surface area contributed by atoms with Crippen molar-refractivity contribution in [2.75, 3.05) is 20.0 Å². The summed E-state index contributed by atoms with van der Waals surface area (Å²) in [5.41, 5.74) is 0.679. The zero-order chi connectivity index (χ0) is 15.7. The van der Waals surface area contributed by atoms with Crippen LogP contribution in [0.5, 0.6) is 11.5 Å². The van der Waals surface area contributed by atoms with Gasteiger partial charge in [0.05, 0.1) is 24.0 Å². The van der Waals surface area contributed by atoms with Crippen molar-refractivity contribution >= 4 is 17.8 Å². The zero-order valence-corrected chi connectivity index (χ0v) is 13.4. The predicted molar refractivity (Wildman–Crippen MR) is 85.8 cm³/mol. The fourth-order valence-electron chi connectivity index (χ4n) is 1.81. The normalized spacial score (nSPS) is 10.8. The third-order valence-corrected chi connectivity index (χ3v) is 4.05. The topological polar surface area (TPSA) is 61.6 Å². The van der Waals surface area contributed by atoms with Crippen molar-refractivity contribution in [2.45, 2.75) is 31.1 Å². The molecule has 0 atom stereocenters. The second-order valence-corrected chi connectivity index (χ2v) is 5.52. The van der Waals surface area contributed by atoms with Gasteiger partial charge < -0.3 is 9.47 Å². The summed E-state index contributed by atoms with van der Waals surface area (Å²) in [6, 6.07) is 3.56. The molecule has 0 fully saturated rings. The molecule has 0 N–H and O–H groups in total. The number of methoxy groups -OCH3 is 2. The van der Waals surface area contributed by atoms with Crippen molar-refractivity contribution in [2.24, 2.45) is 0 Å². The molecule has 1 rings (SSSR count). The van der Waals surface area contributed by atoms with Crippen molar-refractivity contribution in [1.29, 1.82) is 0 Å². The van der Waals surface area contributed by atoms with Crippen LogP contribution >= 0.6 is 11.8 Å². The molecule has 21 heavy (non-hydrogen) atoms. The van der Waals surface area contributed by atoms with E-state index in [1.807, 2.05) is 0 Å². The number of nitrogens with zero attached hydrogens (tertiary/aromatic N) is 1. The minimum absolute atomic E-state index is 0.494. The molecule has 0 bridgehead atoms. The first-order valence-corrected chi connectivity index (χ1v) is 7.81. The average Bonchev–Trinajstić information content (AvgIpc) is 2.49. The third-order valence-electron chi connectivity index (χ3n) is 2.87. The fourth-order valence-corrected chi connectivity index (χ4v) is 2.93. The van der Waals surface area contributed by atoms with Crippen LogP contribution in [0.4, 0.5) is 0 Å². The van der Waals surface area contributed by atoms with E-state index in [2.05, 4.69) is 6.92 Å². The molecule has 0 unspecified atom stereocenters. The van der Waals surface area contributed by atoms with Crippen LogP contribution in [0.3, 0.4) is 0 Å². The lowest BCUT2D eigenvalue weighted by Gasteiger charge is -2.13. The standard InChI is InChI=1S/C15H21NO4S/c1-4-5-6-9-21-15-13(19-2)10-12(7-8-16(17)18)11-14(15)20-3/h7-8,10-11H,4-6,9H2,1-3H3/b8-7+. The van der Waals surface area contributed by atoms with Gasteiger partial charge in [-0.1, -0.05) is 19.8 Å². The Labute approximate surface area is 129 Å². The number of nitro groups is 1. The molecule has 0 saturated heterocycles. The number of hydrogen-bond donors (Lipinski definition) is 0. The van der Waals surface area contributed by atoms with E-state index in [0.717, 1.165) is 23.3 Å². The molecule has 0 aliphatic carbocycles. The minimum Gasteiger partial charge on any atom is -0.495 e. The Morgan fingerprint density at radius 2 is 1.86 bits per heavy atom. The van der Waals surface area contributed by atoms with Crippen LogP contribution in [0.15, 0.2) is 23.2 Å². The number of unbranched alkanes of at least 4 members (excludes halogenated alkanes) is 2. The molecule has 0 amide bonds. The number of hydrogen-bond acceptors (Lipinski definition) is 5. The quantitative estimate of drug-likeness (QED) is 0.295. The Bertz CT molecular complexity index is 477. The first-order valence-electron chi connectivity index (χ1n) is 6.82. The van der Waals surface area contributed by atoms with E-state index in [9.17, 15) is 10.1 Å². The van der Waals surface area contributed by atoms with E-state index < -0.39 is 4.92 Å². The van der Waals surface area contributed by atoms with Crippen LogP contribution in [-0.2, 0) is 0 Å². The average molecular weight is 311 g/mol. The van der Waals surface area contributed by atoms with E-state index in [1.54, 1.807) is 38.1 Å². The van der Waals surface area contributed by atoms with Crippen LogP contribution in [0.2, 0.25) is 0 Å². The lowest BCUT2D eigenvalue weighted by atomic mass is 10.2. The summed E-state index contributed by atoms with van der Waals surface area (Å²) in [7, 11) is 3.18. The summed E-state index contributed by atoms with van der Waals surface area (Å²) < 4.78 is 10.8. The van der Waals surface area contributed by atoms with Gasteiger partial charge in [-0.2, -0.15) is 0 Å². The van der Waals surface area contributed by atoms with Gasteiger partial charge in [0.15, 0.2) is 0 Å². The van der Waals surface area contributed by atoms with Gasteiger partial charge in [0.1, 0.15) is 11.5 Å². The first-order chi connectivity index (χ1) is 10.1. The smallest absolute Gasteiger partial charge is 0.235 e. The summed E-state index contributed by atoms with van der Waals surface area (Å²) in [6.45, 7) is 2.17. The maximum Gasteiger partial charge on any atom is 0.235 e. The van der Waals surface area contributed by atoms with Gasteiger partial charge in [0, 0.05) is 6.08 Å². The van der Waals surface area contributed by atoms with Gasteiger partial charge in [-0.15, -0.1) is 11.8 Å². The van der Waals surface area contributed by atoms with E-state index in [0.29, 0.717) is 17.1 Å². The van der Waals surface area contributed by atoms with E-state index in [4.69, 9.17) is 9.47 Å². The largest absolute Gasteiger partial charge is 0.495 e. The van der Waals surface area contributed by atoms with Gasteiger partial charge in [0.2, 0.25) is 6.20 Å². The monoisotopic (exact) mass is 311 g/mol. The van der Waals surface area contributed by atoms with E-state index in [1.165, 1.54) is 18.9 Å². The molecular weight excluding hydrogens is 290 g/mol. The third kappa shape index (κ3) is 5.67. The molecule has 6 heteroatoms. The van der Waals surface area contributed by atoms with Crippen molar-refractivity contribution in [3.05, 3.63) is 34.0 Å². The SMILES string of the molecule is CCCCCSc1c(OC)cc(/C=C/[N+](=O)[O-])cc1OC. The summed E-state index contributed by atoms with van der Waals surface area (Å²) in [6.07, 6.45) is 5.84. The summed E-state index contributed by atoms with van der Waals surface area (Å²) >= 11 is 1.69. The van der Waals surface area contributed by atoms with Crippen molar-refractivity contribution in [3.8, 4) is 11.5 Å². The highest BCUT2D eigenvalue weighted by Crippen LogP contribution is 2.39. The lowest BCUT2D eigenvalue weighted by molar-refractivity contribution is -0.400. The fraction of sp³-hybridized carbons (Fsp3) is 0.467. The maximum absolute atomic E-state index is 10.4. The highest BCUT2D eigenvalue weighted by molar-refractivity contribution is 7.99. The highest BCUT2D eigenvalue weighted by Gasteiger charge is 2.12. The first kappa shape index (κ1) is 17.4. The number of benzene rings is 1. The van der Waals surface area contributed by atoms with Crippen LogP contribution in [0.25, 0.3) is 6.08 Å². The van der Waals surface area contributed by atoms with Gasteiger partial charge in [-0.25, -0.2) is 0 Å². The lowest BCUT2D eigenvalue weighted by Crippen LogP contribution is -1.94. The molecule has 1 aromatic rings. The van der Waals surface area contributed by atoms with Crippen molar-refractivity contribution < 1.29 is 14.4 Å². The predicted octanol–water partition coefficient (Wildman–Crippen LogP) is 4.23. The molecule has 5 nitrogen and oxygen atoms in total. The van der Waals surface area contributed by atoms with Gasteiger partial charge >= 0.3 is 0 Å². The molecule has 0 radical (unpaired) electrons. The van der Waals surface area contributed by atoms with Gasteiger partial charge in [0.25, 0.3) is 0 Å². The van der Waals surface area contributed by atoms with Crippen LogP contribution in [0.1, 0.15) is 31.7 Å². The molecule has 0 aromatic heterocycles. The molecule has 0 aliphatic rings. The molecule has 0 aliphatic heterocycles. The van der Waals surface area contributed by atoms with Crippen LogP contribution in [0, 0.1) is 10.1 Å². The van der Waals surface area contributed by atoms with Crippen molar-refractivity contribution in [3.63, 3.8) is 0 Å². The Hall–Kier alpha value is -1.69. The zero-order valence-electron chi connectivity index (χ0n) is 12.6. The highest BCUT2D eigenvalue weighted by atomic mass is 32.2. The summed E-state index contributed by atoms with van der Waals surface area (Å²) in [4.78, 5) is 10.8. The minimum atomic E-state index is -0.494. The number of rotatable bonds is 9. The van der Waals surface area contributed by atoms with Gasteiger partial charge in [-0.3, -0.25) is 10.1 Å². The molecule has 0 heterocycles. The van der Waals surface area contributed by atoms with Crippen LogP contribution < -0.4 is 9.47 Å². The molecule has 116 valence electrons. The van der Waals surface area contributed by atoms with E-state index >= 15 is 0 Å². The van der Waals surface area contributed by atoms with E-state index in [-0.39, 0.29) is 0 Å². The van der Waals surface area contributed by atoms with Crippen LogP contribution in [-0.4, -0.2) is 24.9 Å². The second-order valence-electron chi connectivity index (χ2n) is 4.41. The Balaban J connectivity index is 2.98. The Morgan fingerprint density at radius 1 is 1.24 bits per heavy atom. The summed E-state index contributed by atoms with van der Waals surface area (Å²) in [5, 5.41) is 10.4. The summed E-state index contributed by atoms with van der Waals surface area (Å²) in [5.74, 6) is 2.35. The Kier molecular flexibility index (Phi) is 7.68. The van der Waals surface area contributed by atoms with Crippen molar-refractivity contribution in [1.82, 2.24) is 0 Å². The molecular formula is C15H21NO4S. The molecule has 0 spiro atoms.